The second-order valence-corrected chi connectivity index (χ2v) is 9.00. The summed E-state index contributed by atoms with van der Waals surface area (Å²) in [6.45, 7) is 7.46. The summed E-state index contributed by atoms with van der Waals surface area (Å²) in [5.74, 6) is 1.41. The van der Waals surface area contributed by atoms with E-state index < -0.39 is 11.9 Å². The molecule has 0 saturated heterocycles. The SMILES string of the molecule is C=CCOC(=O)Cc1cc(C(=O)OCC)ccc1OCCCc1ccc(OCCCCOc2ccccc2)cc1. The van der Waals surface area contributed by atoms with Crippen LogP contribution >= 0.6 is 0 Å². The molecular weight excluding hydrogens is 508 g/mol. The minimum atomic E-state index is -0.445. The predicted octanol–water partition coefficient (Wildman–Crippen LogP) is 6.38. The molecule has 7 nitrogen and oxygen atoms in total. The first kappa shape index (κ1) is 30.3. The molecule has 212 valence electrons. The third-order valence-corrected chi connectivity index (χ3v) is 5.88. The number of hydrogen-bond acceptors (Lipinski definition) is 7. The van der Waals surface area contributed by atoms with Crippen LogP contribution in [0.15, 0.2) is 85.5 Å². The highest BCUT2D eigenvalue weighted by molar-refractivity contribution is 5.90. The quantitative estimate of drug-likeness (QED) is 0.104. The molecule has 0 spiro atoms. The van der Waals surface area contributed by atoms with Crippen LogP contribution in [-0.4, -0.2) is 45.0 Å². The highest BCUT2D eigenvalue weighted by atomic mass is 16.5. The number of esters is 2. The fraction of sp³-hybridized carbons (Fsp3) is 0.333. The standard InChI is InChI=1S/C33H38O7/c1-3-20-40-32(34)25-28-24-27(33(35)36-4-2)16-19-31(28)39-23-10-11-26-14-17-30(18-15-26)38-22-9-8-21-37-29-12-6-5-7-13-29/h3,5-7,12-19,24H,1,4,8-11,20-23,25H2,2H3. The van der Waals surface area contributed by atoms with E-state index in [0.717, 1.165) is 37.2 Å². The van der Waals surface area contributed by atoms with Crippen LogP contribution in [0.4, 0.5) is 0 Å². The van der Waals surface area contributed by atoms with Gasteiger partial charge in [-0.1, -0.05) is 43.0 Å². The second-order valence-electron chi connectivity index (χ2n) is 9.00. The largest absolute Gasteiger partial charge is 0.494 e. The summed E-state index contributed by atoms with van der Waals surface area (Å²) < 4.78 is 27.7. The Balaban J connectivity index is 1.40. The van der Waals surface area contributed by atoms with Crippen molar-refractivity contribution < 1.29 is 33.3 Å². The second kappa shape index (κ2) is 17.4. The first-order chi connectivity index (χ1) is 19.6. The maximum Gasteiger partial charge on any atom is 0.338 e. The lowest BCUT2D eigenvalue weighted by Gasteiger charge is -2.13. The number of ether oxygens (including phenoxy) is 5. The van der Waals surface area contributed by atoms with Gasteiger partial charge in [-0.25, -0.2) is 4.79 Å². The number of para-hydroxylation sites is 1. The van der Waals surface area contributed by atoms with E-state index >= 15 is 0 Å². The van der Waals surface area contributed by atoms with E-state index in [4.69, 9.17) is 23.7 Å². The van der Waals surface area contributed by atoms with Gasteiger partial charge in [0.2, 0.25) is 0 Å². The zero-order chi connectivity index (χ0) is 28.4. The average Bonchev–Trinajstić information content (AvgIpc) is 2.98. The fourth-order valence-corrected chi connectivity index (χ4v) is 3.87. The molecule has 0 aliphatic heterocycles. The van der Waals surface area contributed by atoms with E-state index in [2.05, 4.69) is 18.7 Å². The van der Waals surface area contributed by atoms with Crippen molar-refractivity contribution in [1.82, 2.24) is 0 Å². The molecule has 7 heteroatoms. The normalized spacial score (nSPS) is 10.4. The summed E-state index contributed by atoms with van der Waals surface area (Å²) >= 11 is 0. The molecule has 0 unspecified atom stereocenters. The Labute approximate surface area is 236 Å². The van der Waals surface area contributed by atoms with Gasteiger partial charge >= 0.3 is 11.9 Å². The molecule has 0 amide bonds. The number of carbonyl (C=O) groups excluding carboxylic acids is 2. The van der Waals surface area contributed by atoms with E-state index in [1.54, 1.807) is 25.1 Å². The first-order valence-electron chi connectivity index (χ1n) is 13.7. The molecule has 0 aliphatic carbocycles. The Morgan fingerprint density at radius 1 is 0.775 bits per heavy atom. The zero-order valence-corrected chi connectivity index (χ0v) is 23.1. The summed E-state index contributed by atoms with van der Waals surface area (Å²) in [7, 11) is 0. The lowest BCUT2D eigenvalue weighted by Crippen LogP contribution is -2.12. The van der Waals surface area contributed by atoms with Crippen molar-refractivity contribution >= 4 is 11.9 Å². The van der Waals surface area contributed by atoms with Crippen molar-refractivity contribution in [3.63, 3.8) is 0 Å². The molecule has 40 heavy (non-hydrogen) atoms. The average molecular weight is 547 g/mol. The molecule has 0 saturated carbocycles. The van der Waals surface area contributed by atoms with Crippen molar-refractivity contribution in [3.05, 3.63) is 102 Å². The van der Waals surface area contributed by atoms with Crippen LogP contribution in [0, 0.1) is 0 Å². The van der Waals surface area contributed by atoms with Crippen molar-refractivity contribution in [2.24, 2.45) is 0 Å². The number of rotatable bonds is 18. The van der Waals surface area contributed by atoms with Crippen LogP contribution in [-0.2, 0) is 27.1 Å². The van der Waals surface area contributed by atoms with E-state index in [9.17, 15) is 9.59 Å². The van der Waals surface area contributed by atoms with E-state index in [1.807, 2.05) is 42.5 Å². The molecule has 0 aliphatic rings. The highest BCUT2D eigenvalue weighted by Gasteiger charge is 2.15. The van der Waals surface area contributed by atoms with Crippen LogP contribution in [0.1, 0.15) is 47.7 Å². The van der Waals surface area contributed by atoms with E-state index in [0.29, 0.717) is 36.7 Å². The number of aryl methyl sites for hydroxylation is 1. The summed E-state index contributed by atoms with van der Waals surface area (Å²) in [4.78, 5) is 24.3. The number of carbonyl (C=O) groups is 2. The lowest BCUT2D eigenvalue weighted by atomic mass is 10.1. The molecule has 0 aromatic heterocycles. The van der Waals surface area contributed by atoms with Gasteiger partial charge in [-0.05, 0) is 80.6 Å². The van der Waals surface area contributed by atoms with Crippen molar-refractivity contribution in [2.45, 2.75) is 39.0 Å². The van der Waals surface area contributed by atoms with Crippen LogP contribution in [0.3, 0.4) is 0 Å². The third kappa shape index (κ3) is 10.8. The van der Waals surface area contributed by atoms with E-state index in [1.165, 1.54) is 11.6 Å². The summed E-state index contributed by atoms with van der Waals surface area (Å²) in [5, 5.41) is 0. The Bertz CT molecular complexity index is 1190. The minimum absolute atomic E-state index is 0.0159. The minimum Gasteiger partial charge on any atom is -0.494 e. The molecule has 0 bridgehead atoms. The molecule has 3 aromatic rings. The van der Waals surface area contributed by atoms with Gasteiger partial charge < -0.3 is 23.7 Å². The van der Waals surface area contributed by atoms with Gasteiger partial charge in [-0.15, -0.1) is 0 Å². The van der Waals surface area contributed by atoms with Crippen LogP contribution in [0.5, 0.6) is 17.2 Å². The number of unbranched alkanes of at least 4 members (excludes halogenated alkanes) is 1. The maximum absolute atomic E-state index is 12.2. The first-order valence-corrected chi connectivity index (χ1v) is 13.7. The van der Waals surface area contributed by atoms with Gasteiger partial charge in [0, 0.05) is 5.56 Å². The molecular formula is C33H38O7. The summed E-state index contributed by atoms with van der Waals surface area (Å²) in [6, 6.07) is 22.9. The lowest BCUT2D eigenvalue weighted by molar-refractivity contribution is -0.141. The Hall–Kier alpha value is -4.26. The van der Waals surface area contributed by atoms with Crippen molar-refractivity contribution in [2.75, 3.05) is 33.0 Å². The zero-order valence-electron chi connectivity index (χ0n) is 23.1. The van der Waals surface area contributed by atoms with Gasteiger partial charge in [0.05, 0.1) is 38.4 Å². The Morgan fingerprint density at radius 2 is 1.45 bits per heavy atom. The molecule has 3 rings (SSSR count). The summed E-state index contributed by atoms with van der Waals surface area (Å²) in [5.41, 5.74) is 2.12. The monoisotopic (exact) mass is 546 g/mol. The van der Waals surface area contributed by atoms with Crippen molar-refractivity contribution in [3.8, 4) is 17.2 Å². The van der Waals surface area contributed by atoms with Gasteiger partial charge in [-0.3, -0.25) is 4.79 Å². The van der Waals surface area contributed by atoms with Gasteiger partial charge in [0.1, 0.15) is 23.9 Å². The van der Waals surface area contributed by atoms with E-state index in [-0.39, 0.29) is 19.6 Å². The molecule has 0 fully saturated rings. The smallest absolute Gasteiger partial charge is 0.338 e. The van der Waals surface area contributed by atoms with Crippen LogP contribution in [0.2, 0.25) is 0 Å². The van der Waals surface area contributed by atoms with Gasteiger partial charge in [-0.2, -0.15) is 0 Å². The molecule has 3 aromatic carbocycles. The molecule has 0 heterocycles. The molecule has 0 atom stereocenters. The molecule has 0 N–H and O–H groups in total. The number of benzene rings is 3. The summed E-state index contributed by atoms with van der Waals surface area (Å²) in [6.07, 6.45) is 4.94. The fourth-order valence-electron chi connectivity index (χ4n) is 3.87. The van der Waals surface area contributed by atoms with Crippen molar-refractivity contribution in [1.29, 1.82) is 0 Å². The number of hydrogen-bond donors (Lipinski definition) is 0. The topological polar surface area (TPSA) is 80.3 Å². The molecule has 0 radical (unpaired) electrons. The van der Waals surface area contributed by atoms with Crippen LogP contribution in [0.25, 0.3) is 0 Å². The predicted molar refractivity (Wildman–Crippen MR) is 154 cm³/mol. The Morgan fingerprint density at radius 3 is 2.12 bits per heavy atom. The van der Waals surface area contributed by atoms with Gasteiger partial charge in [0.15, 0.2) is 0 Å². The maximum atomic E-state index is 12.2. The third-order valence-electron chi connectivity index (χ3n) is 5.88. The van der Waals surface area contributed by atoms with Crippen LogP contribution < -0.4 is 14.2 Å². The van der Waals surface area contributed by atoms with Gasteiger partial charge in [0.25, 0.3) is 0 Å². The Kier molecular flexibility index (Phi) is 13.1. The highest BCUT2D eigenvalue weighted by Crippen LogP contribution is 2.23.